The van der Waals surface area contributed by atoms with Crippen LogP contribution in [0.15, 0.2) is 36.4 Å². The summed E-state index contributed by atoms with van der Waals surface area (Å²) in [6.07, 6.45) is 0. The van der Waals surface area contributed by atoms with Crippen molar-refractivity contribution in [1.29, 1.82) is 0 Å². The molecule has 0 heterocycles. The van der Waals surface area contributed by atoms with E-state index in [1.165, 1.54) is 12.1 Å². The highest BCUT2D eigenvalue weighted by Crippen LogP contribution is 2.21. The van der Waals surface area contributed by atoms with Crippen molar-refractivity contribution < 1.29 is 9.18 Å². The first kappa shape index (κ1) is 14.3. The van der Waals surface area contributed by atoms with Gasteiger partial charge < -0.3 is 5.32 Å². The van der Waals surface area contributed by atoms with E-state index in [4.69, 9.17) is 11.6 Å². The highest BCUT2D eigenvalue weighted by atomic mass is 127. The fraction of sp³-hybridized carbons (Fsp3) is 0.0714. The zero-order chi connectivity index (χ0) is 14.0. The molecule has 1 amide bonds. The van der Waals surface area contributed by atoms with Crippen molar-refractivity contribution in [2.24, 2.45) is 0 Å². The van der Waals surface area contributed by atoms with E-state index in [9.17, 15) is 9.18 Å². The molecule has 5 heteroatoms. The number of rotatable bonds is 2. The lowest BCUT2D eigenvalue weighted by Crippen LogP contribution is -2.13. The standard InChI is InChI=1S/C14H10ClFINO/c1-8-6-10(17)3-5-13(8)18-14(19)11-4-2-9(16)7-12(11)15/h2-7H,1H3,(H,18,19). The quantitative estimate of drug-likeness (QED) is 0.745. The first-order valence-corrected chi connectivity index (χ1v) is 6.95. The van der Waals surface area contributed by atoms with Gasteiger partial charge in [0.15, 0.2) is 0 Å². The van der Waals surface area contributed by atoms with Gasteiger partial charge in [0.2, 0.25) is 0 Å². The number of carbonyl (C=O) groups excluding carboxylic acids is 1. The van der Waals surface area contributed by atoms with Crippen LogP contribution in [0.1, 0.15) is 15.9 Å². The molecule has 0 atom stereocenters. The summed E-state index contributed by atoms with van der Waals surface area (Å²) >= 11 is 8.05. The van der Waals surface area contributed by atoms with Gasteiger partial charge in [-0.2, -0.15) is 0 Å². The van der Waals surface area contributed by atoms with Crippen LogP contribution in [0, 0.1) is 16.3 Å². The van der Waals surface area contributed by atoms with Gasteiger partial charge >= 0.3 is 0 Å². The van der Waals surface area contributed by atoms with Gasteiger partial charge in [-0.25, -0.2) is 4.39 Å². The smallest absolute Gasteiger partial charge is 0.257 e. The van der Waals surface area contributed by atoms with Crippen molar-refractivity contribution in [1.82, 2.24) is 0 Å². The Kier molecular flexibility index (Phi) is 4.42. The van der Waals surface area contributed by atoms with Crippen LogP contribution < -0.4 is 5.32 Å². The average molecular weight is 390 g/mol. The van der Waals surface area contributed by atoms with E-state index < -0.39 is 5.82 Å². The van der Waals surface area contributed by atoms with Crippen molar-refractivity contribution in [3.63, 3.8) is 0 Å². The molecule has 0 fully saturated rings. The fourth-order valence-corrected chi connectivity index (χ4v) is 2.53. The molecule has 0 aliphatic heterocycles. The topological polar surface area (TPSA) is 29.1 Å². The van der Waals surface area contributed by atoms with Gasteiger partial charge in [-0.15, -0.1) is 0 Å². The Hall–Kier alpha value is -1.14. The Balaban J connectivity index is 2.25. The molecule has 0 saturated heterocycles. The predicted octanol–water partition coefficient (Wildman–Crippen LogP) is 4.64. The van der Waals surface area contributed by atoms with Gasteiger partial charge in [-0.3, -0.25) is 4.79 Å². The summed E-state index contributed by atoms with van der Waals surface area (Å²) in [5.74, 6) is -0.818. The molecule has 1 N–H and O–H groups in total. The summed E-state index contributed by atoms with van der Waals surface area (Å²) in [6, 6.07) is 9.39. The second-order valence-corrected chi connectivity index (χ2v) is 5.69. The van der Waals surface area contributed by atoms with Gasteiger partial charge in [-0.1, -0.05) is 11.6 Å². The van der Waals surface area contributed by atoms with Crippen LogP contribution in [0.4, 0.5) is 10.1 Å². The second-order valence-electron chi connectivity index (χ2n) is 4.04. The number of hydrogen-bond donors (Lipinski definition) is 1. The number of aryl methyl sites for hydroxylation is 1. The maximum Gasteiger partial charge on any atom is 0.257 e. The molecule has 0 spiro atoms. The summed E-state index contributed by atoms with van der Waals surface area (Å²) in [5, 5.41) is 2.86. The monoisotopic (exact) mass is 389 g/mol. The number of amides is 1. The fourth-order valence-electron chi connectivity index (χ4n) is 1.63. The molecule has 2 rings (SSSR count). The Morgan fingerprint density at radius 2 is 2.00 bits per heavy atom. The molecular weight excluding hydrogens is 380 g/mol. The Bertz CT molecular complexity index is 645. The number of halogens is 3. The summed E-state index contributed by atoms with van der Waals surface area (Å²) in [4.78, 5) is 12.1. The molecule has 98 valence electrons. The average Bonchev–Trinajstić information content (AvgIpc) is 2.32. The highest BCUT2D eigenvalue weighted by Gasteiger charge is 2.12. The SMILES string of the molecule is Cc1cc(I)ccc1NC(=O)c1ccc(F)cc1Cl. The number of anilines is 1. The van der Waals surface area contributed by atoms with Crippen LogP contribution in [0.5, 0.6) is 0 Å². The number of carbonyl (C=O) groups is 1. The summed E-state index contributed by atoms with van der Waals surface area (Å²) in [7, 11) is 0. The molecule has 2 nitrogen and oxygen atoms in total. The predicted molar refractivity (Wildman–Crippen MR) is 83.3 cm³/mol. The van der Waals surface area contributed by atoms with Gasteiger partial charge in [0, 0.05) is 9.26 Å². The minimum atomic E-state index is -0.466. The number of benzene rings is 2. The molecule has 0 aliphatic carbocycles. The lowest BCUT2D eigenvalue weighted by Gasteiger charge is -2.09. The molecule has 0 unspecified atom stereocenters. The van der Waals surface area contributed by atoms with Gasteiger partial charge in [-0.05, 0) is 71.5 Å². The largest absolute Gasteiger partial charge is 0.322 e. The lowest BCUT2D eigenvalue weighted by atomic mass is 10.1. The third-order valence-corrected chi connectivity index (χ3v) is 3.60. The molecule has 2 aromatic carbocycles. The summed E-state index contributed by atoms with van der Waals surface area (Å²) in [6.45, 7) is 1.91. The van der Waals surface area contributed by atoms with E-state index in [0.717, 1.165) is 15.2 Å². The van der Waals surface area contributed by atoms with Crippen LogP contribution >= 0.6 is 34.2 Å². The maximum absolute atomic E-state index is 12.9. The zero-order valence-electron chi connectivity index (χ0n) is 10.0. The third kappa shape index (κ3) is 3.45. The molecule has 0 bridgehead atoms. The van der Waals surface area contributed by atoms with E-state index in [1.807, 2.05) is 25.1 Å². The molecule has 2 aromatic rings. The van der Waals surface area contributed by atoms with Crippen LogP contribution in [0.3, 0.4) is 0 Å². The van der Waals surface area contributed by atoms with Crippen molar-refractivity contribution in [3.05, 3.63) is 61.9 Å². The molecule has 0 saturated carbocycles. The van der Waals surface area contributed by atoms with Gasteiger partial charge in [0.1, 0.15) is 5.82 Å². The van der Waals surface area contributed by atoms with Gasteiger partial charge in [0.25, 0.3) is 5.91 Å². The Labute approximate surface area is 129 Å². The van der Waals surface area contributed by atoms with Crippen molar-refractivity contribution in [3.8, 4) is 0 Å². The van der Waals surface area contributed by atoms with E-state index in [1.54, 1.807) is 0 Å². The van der Waals surface area contributed by atoms with Crippen LogP contribution in [-0.4, -0.2) is 5.91 Å². The minimum Gasteiger partial charge on any atom is -0.322 e. The van der Waals surface area contributed by atoms with Crippen LogP contribution in [0.25, 0.3) is 0 Å². The highest BCUT2D eigenvalue weighted by molar-refractivity contribution is 14.1. The number of hydrogen-bond acceptors (Lipinski definition) is 1. The second kappa shape index (κ2) is 5.88. The zero-order valence-corrected chi connectivity index (χ0v) is 12.9. The van der Waals surface area contributed by atoms with E-state index >= 15 is 0 Å². The first-order chi connectivity index (χ1) is 8.97. The molecule has 0 aliphatic rings. The van der Waals surface area contributed by atoms with Gasteiger partial charge in [0.05, 0.1) is 10.6 Å². The van der Waals surface area contributed by atoms with Crippen LogP contribution in [0.2, 0.25) is 5.02 Å². The molecule has 0 radical (unpaired) electrons. The normalized spacial score (nSPS) is 10.3. The van der Waals surface area contributed by atoms with Crippen molar-refractivity contribution in [2.45, 2.75) is 6.92 Å². The summed E-state index contributed by atoms with van der Waals surface area (Å²) in [5.41, 5.74) is 1.92. The molecular formula is C14H10ClFINO. The third-order valence-electron chi connectivity index (χ3n) is 2.61. The molecule has 0 aromatic heterocycles. The van der Waals surface area contributed by atoms with Crippen LogP contribution in [-0.2, 0) is 0 Å². The first-order valence-electron chi connectivity index (χ1n) is 5.50. The van der Waals surface area contributed by atoms with Crippen molar-refractivity contribution >= 4 is 45.8 Å². The summed E-state index contributed by atoms with van der Waals surface area (Å²) < 4.78 is 14.0. The van der Waals surface area contributed by atoms with E-state index in [2.05, 4.69) is 27.9 Å². The Morgan fingerprint density at radius 3 is 2.63 bits per heavy atom. The molecule has 19 heavy (non-hydrogen) atoms. The van der Waals surface area contributed by atoms with E-state index in [-0.39, 0.29) is 16.5 Å². The maximum atomic E-state index is 12.9. The van der Waals surface area contributed by atoms with Crippen molar-refractivity contribution in [2.75, 3.05) is 5.32 Å². The lowest BCUT2D eigenvalue weighted by molar-refractivity contribution is 0.102. The Morgan fingerprint density at radius 1 is 1.26 bits per heavy atom. The number of nitrogens with one attached hydrogen (secondary N) is 1. The van der Waals surface area contributed by atoms with E-state index in [0.29, 0.717) is 5.69 Å². The minimum absolute atomic E-state index is 0.0978.